The molecule has 2 aromatic carbocycles. The van der Waals surface area contributed by atoms with Gasteiger partial charge in [0.1, 0.15) is 0 Å². The van der Waals surface area contributed by atoms with Gasteiger partial charge < -0.3 is 9.47 Å². The minimum Gasteiger partial charge on any atom is -0.493 e. The number of non-ortho nitro benzene ring substituents is 1. The second-order valence-corrected chi connectivity index (χ2v) is 9.11. The number of aryl methyl sites for hydroxylation is 1. The van der Waals surface area contributed by atoms with Crippen LogP contribution >= 0.6 is 0 Å². The third-order valence-corrected chi connectivity index (χ3v) is 7.08. The van der Waals surface area contributed by atoms with Crippen LogP contribution in [0.5, 0.6) is 11.5 Å². The van der Waals surface area contributed by atoms with Crippen molar-refractivity contribution >= 4 is 15.7 Å². The van der Waals surface area contributed by atoms with Gasteiger partial charge in [0.15, 0.2) is 11.5 Å². The van der Waals surface area contributed by atoms with Crippen LogP contribution in [-0.2, 0) is 29.5 Å². The van der Waals surface area contributed by atoms with Gasteiger partial charge in [0, 0.05) is 31.4 Å². The average molecular weight is 475 g/mol. The lowest BCUT2D eigenvalue weighted by atomic mass is 10.1. The van der Waals surface area contributed by atoms with Gasteiger partial charge in [-0.05, 0) is 49.2 Å². The van der Waals surface area contributed by atoms with Crippen molar-refractivity contribution in [3.8, 4) is 11.5 Å². The lowest BCUT2D eigenvalue weighted by Gasteiger charge is -2.23. The Labute approximate surface area is 192 Å². The van der Waals surface area contributed by atoms with E-state index in [1.807, 2.05) is 19.1 Å². The van der Waals surface area contributed by atoms with E-state index in [4.69, 9.17) is 9.47 Å². The first-order valence-electron chi connectivity index (χ1n) is 10.3. The smallest absolute Gasteiger partial charge is 0.269 e. The third-order valence-electron chi connectivity index (χ3n) is 5.23. The maximum Gasteiger partial charge on any atom is 0.269 e. The number of methoxy groups -OCH3 is 2. The molecule has 3 aromatic rings. The minimum atomic E-state index is -3.93. The molecular formula is C22H26N4O6S. The second-order valence-electron chi connectivity index (χ2n) is 7.17. The molecule has 0 aliphatic heterocycles. The van der Waals surface area contributed by atoms with E-state index in [1.54, 1.807) is 37.2 Å². The van der Waals surface area contributed by atoms with E-state index in [9.17, 15) is 18.5 Å². The van der Waals surface area contributed by atoms with E-state index >= 15 is 0 Å². The van der Waals surface area contributed by atoms with Gasteiger partial charge in [0.25, 0.3) is 5.69 Å². The molecule has 0 atom stereocenters. The predicted molar refractivity (Wildman–Crippen MR) is 122 cm³/mol. The van der Waals surface area contributed by atoms with Crippen LogP contribution in [-0.4, -0.2) is 48.2 Å². The van der Waals surface area contributed by atoms with Crippen LogP contribution in [0.4, 0.5) is 5.69 Å². The molecule has 0 saturated heterocycles. The highest BCUT2D eigenvalue weighted by Gasteiger charge is 2.26. The number of nitrogens with zero attached hydrogens (tertiary/aromatic N) is 4. The number of benzene rings is 2. The molecule has 1 aromatic heterocycles. The Kier molecular flexibility index (Phi) is 7.67. The Morgan fingerprint density at radius 3 is 2.36 bits per heavy atom. The van der Waals surface area contributed by atoms with E-state index in [1.165, 1.54) is 28.6 Å². The van der Waals surface area contributed by atoms with Crippen molar-refractivity contribution in [3.05, 3.63) is 76.1 Å². The molecule has 0 aliphatic carbocycles. The first-order valence-corrected chi connectivity index (χ1v) is 11.7. The molecule has 11 heteroatoms. The number of nitro benzene ring substituents is 1. The molecule has 0 bridgehead atoms. The summed E-state index contributed by atoms with van der Waals surface area (Å²) in [4.78, 5) is 10.4. The van der Waals surface area contributed by atoms with E-state index < -0.39 is 14.9 Å². The van der Waals surface area contributed by atoms with E-state index in [2.05, 4.69) is 5.10 Å². The molecule has 33 heavy (non-hydrogen) atoms. The van der Waals surface area contributed by atoms with Crippen LogP contribution in [0.3, 0.4) is 0 Å². The maximum atomic E-state index is 13.5. The molecule has 1 heterocycles. The molecule has 0 N–H and O–H groups in total. The molecular weight excluding hydrogens is 448 g/mol. The predicted octanol–water partition coefficient (Wildman–Crippen LogP) is 3.26. The highest BCUT2D eigenvalue weighted by Crippen LogP contribution is 2.28. The fraction of sp³-hybridized carbons (Fsp3) is 0.318. The Bertz CT molecular complexity index is 1210. The number of hydrogen-bond acceptors (Lipinski definition) is 7. The summed E-state index contributed by atoms with van der Waals surface area (Å²) < 4.78 is 40.6. The van der Waals surface area contributed by atoms with Crippen LogP contribution in [0.15, 0.2) is 59.6 Å². The summed E-state index contributed by atoms with van der Waals surface area (Å²) in [6, 6.07) is 12.1. The Hall–Kier alpha value is -3.44. The summed E-state index contributed by atoms with van der Waals surface area (Å²) in [5, 5.41) is 15.2. The number of rotatable bonds is 11. The lowest BCUT2D eigenvalue weighted by Crippen LogP contribution is -2.33. The Morgan fingerprint density at radius 1 is 1.06 bits per heavy atom. The van der Waals surface area contributed by atoms with Crippen molar-refractivity contribution in [2.45, 2.75) is 31.3 Å². The molecule has 0 saturated carbocycles. The van der Waals surface area contributed by atoms with Crippen molar-refractivity contribution in [3.63, 3.8) is 0 Å². The Morgan fingerprint density at radius 2 is 1.76 bits per heavy atom. The molecule has 0 aliphatic rings. The van der Waals surface area contributed by atoms with Crippen molar-refractivity contribution in [1.29, 1.82) is 0 Å². The van der Waals surface area contributed by atoms with Crippen molar-refractivity contribution in [2.24, 2.45) is 0 Å². The van der Waals surface area contributed by atoms with Crippen LogP contribution in [0.2, 0.25) is 0 Å². The first kappa shape index (κ1) is 24.2. The standard InChI is InChI=1S/C22H26N4O6S/c1-4-25-19(11-13-23-25)16-24(14-12-17-5-10-21(31-2)22(15-17)32-3)33(29,30)20-8-6-18(7-9-20)26(27)28/h5-11,13,15H,4,12,14,16H2,1-3H3. The maximum absolute atomic E-state index is 13.5. The molecule has 10 nitrogen and oxygen atoms in total. The van der Waals surface area contributed by atoms with Crippen LogP contribution in [0, 0.1) is 10.1 Å². The largest absolute Gasteiger partial charge is 0.493 e. The van der Waals surface area contributed by atoms with E-state index in [0.717, 1.165) is 11.3 Å². The molecule has 0 fully saturated rings. The second kappa shape index (κ2) is 10.5. The number of aromatic nitrogens is 2. The van der Waals surface area contributed by atoms with Crippen LogP contribution in [0.1, 0.15) is 18.2 Å². The molecule has 176 valence electrons. The van der Waals surface area contributed by atoms with Gasteiger partial charge >= 0.3 is 0 Å². The molecule has 0 unspecified atom stereocenters. The summed E-state index contributed by atoms with van der Waals surface area (Å²) in [5.41, 5.74) is 1.45. The average Bonchev–Trinajstić information content (AvgIpc) is 3.28. The summed E-state index contributed by atoms with van der Waals surface area (Å²) in [6.07, 6.45) is 2.05. The van der Waals surface area contributed by atoms with Crippen molar-refractivity contribution < 1.29 is 22.8 Å². The molecule has 0 spiro atoms. The first-order chi connectivity index (χ1) is 15.8. The summed E-state index contributed by atoms with van der Waals surface area (Å²) in [6.45, 7) is 2.82. The molecule has 0 amide bonds. The van der Waals surface area contributed by atoms with Gasteiger partial charge in [-0.3, -0.25) is 14.8 Å². The SMILES string of the molecule is CCn1nccc1CN(CCc1ccc(OC)c(OC)c1)S(=O)(=O)c1ccc([N+](=O)[O-])cc1. The van der Waals surface area contributed by atoms with Gasteiger partial charge in [-0.25, -0.2) is 8.42 Å². The molecule has 0 radical (unpaired) electrons. The minimum absolute atomic E-state index is 0.0111. The topological polar surface area (TPSA) is 117 Å². The highest BCUT2D eigenvalue weighted by atomic mass is 32.2. The number of ether oxygens (including phenoxy) is 2. The summed E-state index contributed by atoms with van der Waals surface area (Å²) in [5.74, 6) is 1.15. The van der Waals surface area contributed by atoms with E-state index in [-0.39, 0.29) is 23.7 Å². The van der Waals surface area contributed by atoms with Crippen molar-refractivity contribution in [1.82, 2.24) is 14.1 Å². The Balaban J connectivity index is 1.91. The van der Waals surface area contributed by atoms with Gasteiger partial charge in [0.05, 0.1) is 36.3 Å². The lowest BCUT2D eigenvalue weighted by molar-refractivity contribution is -0.384. The zero-order chi connectivity index (χ0) is 24.0. The fourth-order valence-corrected chi connectivity index (χ4v) is 4.83. The fourth-order valence-electron chi connectivity index (χ4n) is 3.42. The number of hydrogen-bond donors (Lipinski definition) is 0. The van der Waals surface area contributed by atoms with Crippen LogP contribution in [0.25, 0.3) is 0 Å². The van der Waals surface area contributed by atoms with Crippen molar-refractivity contribution in [2.75, 3.05) is 20.8 Å². The summed E-state index contributed by atoms with van der Waals surface area (Å²) in [7, 11) is -0.840. The normalized spacial score (nSPS) is 11.5. The third kappa shape index (κ3) is 5.49. The molecule has 3 rings (SSSR count). The number of sulfonamides is 1. The van der Waals surface area contributed by atoms with Gasteiger partial charge in [-0.2, -0.15) is 9.40 Å². The zero-order valence-corrected chi connectivity index (χ0v) is 19.5. The monoisotopic (exact) mass is 474 g/mol. The van der Waals surface area contributed by atoms with Gasteiger partial charge in [-0.1, -0.05) is 6.07 Å². The number of nitro groups is 1. The van der Waals surface area contributed by atoms with Crippen LogP contribution < -0.4 is 9.47 Å². The van der Waals surface area contributed by atoms with E-state index in [0.29, 0.717) is 24.5 Å². The quantitative estimate of drug-likeness (QED) is 0.309. The van der Waals surface area contributed by atoms with Gasteiger partial charge in [-0.15, -0.1) is 0 Å². The highest BCUT2D eigenvalue weighted by molar-refractivity contribution is 7.89. The summed E-state index contributed by atoms with van der Waals surface area (Å²) >= 11 is 0. The zero-order valence-electron chi connectivity index (χ0n) is 18.7. The van der Waals surface area contributed by atoms with Gasteiger partial charge in [0.2, 0.25) is 10.0 Å².